The Kier molecular flexibility index (Phi) is 6.09. The largest absolute Gasteiger partial charge is 0.492 e. The summed E-state index contributed by atoms with van der Waals surface area (Å²) in [7, 11) is 0. The van der Waals surface area contributed by atoms with Crippen LogP contribution in [0.4, 0.5) is 13.2 Å². The lowest BCUT2D eigenvalue weighted by Crippen LogP contribution is -2.40. The highest BCUT2D eigenvalue weighted by molar-refractivity contribution is 6.30. The van der Waals surface area contributed by atoms with Crippen molar-refractivity contribution in [1.82, 2.24) is 4.90 Å². The van der Waals surface area contributed by atoms with Crippen molar-refractivity contribution in [3.8, 4) is 5.75 Å². The maximum absolute atomic E-state index is 12.3. The van der Waals surface area contributed by atoms with Crippen molar-refractivity contribution in [2.45, 2.75) is 6.18 Å². The Labute approximate surface area is 118 Å². The summed E-state index contributed by atoms with van der Waals surface area (Å²) in [5.74, 6) is -0.906. The molecule has 0 aliphatic rings. The van der Waals surface area contributed by atoms with Crippen LogP contribution in [0.5, 0.6) is 5.75 Å². The first kappa shape index (κ1) is 16.6. The van der Waals surface area contributed by atoms with Gasteiger partial charge >= 0.3 is 12.1 Å². The van der Waals surface area contributed by atoms with E-state index in [1.807, 2.05) is 0 Å². The molecule has 0 spiro atoms. The number of carbonyl (C=O) groups is 1. The number of halogens is 4. The maximum atomic E-state index is 12.3. The smallest absolute Gasteiger partial charge is 0.401 e. The molecule has 0 unspecified atom stereocenters. The summed E-state index contributed by atoms with van der Waals surface area (Å²) in [5, 5.41) is 9.01. The van der Waals surface area contributed by atoms with Gasteiger partial charge in [0.15, 0.2) is 0 Å². The molecule has 0 aliphatic heterocycles. The topological polar surface area (TPSA) is 49.8 Å². The second-order valence-corrected chi connectivity index (χ2v) is 4.46. The van der Waals surface area contributed by atoms with Gasteiger partial charge in [-0.3, -0.25) is 9.69 Å². The molecule has 0 saturated carbocycles. The Morgan fingerprint density at radius 2 is 2.10 bits per heavy atom. The fraction of sp³-hybridized carbons (Fsp3) is 0.417. The standard InChI is InChI=1S/C12H13ClF3NO3/c13-9-2-1-3-10(6-9)20-5-4-17(7-11(18)19)8-12(14,15)16/h1-3,6H,4-5,7-8H2,(H,18,19). The molecule has 1 aromatic carbocycles. The minimum atomic E-state index is -4.45. The predicted octanol–water partition coefficient (Wildman–Crippen LogP) is 2.67. The molecule has 0 aliphatic carbocycles. The van der Waals surface area contributed by atoms with Crippen LogP contribution in [0.3, 0.4) is 0 Å². The Hall–Kier alpha value is -1.47. The zero-order valence-electron chi connectivity index (χ0n) is 10.4. The molecule has 0 atom stereocenters. The number of alkyl halides is 3. The average Bonchev–Trinajstić information content (AvgIpc) is 2.25. The van der Waals surface area contributed by atoms with E-state index in [4.69, 9.17) is 21.4 Å². The fourth-order valence-electron chi connectivity index (χ4n) is 1.51. The van der Waals surface area contributed by atoms with Gasteiger partial charge in [0.25, 0.3) is 0 Å². The second kappa shape index (κ2) is 7.35. The molecule has 0 heterocycles. The van der Waals surface area contributed by atoms with Gasteiger partial charge in [-0.1, -0.05) is 17.7 Å². The molecule has 112 valence electrons. The molecule has 1 N–H and O–H groups in total. The fourth-order valence-corrected chi connectivity index (χ4v) is 1.69. The zero-order chi connectivity index (χ0) is 15.2. The van der Waals surface area contributed by atoms with Crippen molar-refractivity contribution in [2.75, 3.05) is 26.2 Å². The summed E-state index contributed by atoms with van der Waals surface area (Å²) < 4.78 is 42.0. The van der Waals surface area contributed by atoms with Crippen LogP contribution in [0.2, 0.25) is 5.02 Å². The van der Waals surface area contributed by atoms with E-state index in [-0.39, 0.29) is 13.2 Å². The summed E-state index contributed by atoms with van der Waals surface area (Å²) in [4.78, 5) is 11.3. The normalized spacial score (nSPS) is 11.7. The maximum Gasteiger partial charge on any atom is 0.401 e. The van der Waals surface area contributed by atoms with E-state index in [1.165, 1.54) is 6.07 Å². The first-order chi connectivity index (χ1) is 9.26. The summed E-state index contributed by atoms with van der Waals surface area (Å²) >= 11 is 5.73. The van der Waals surface area contributed by atoms with Crippen molar-refractivity contribution in [3.05, 3.63) is 29.3 Å². The molecule has 0 fully saturated rings. The molecule has 0 aromatic heterocycles. The number of aliphatic carboxylic acids is 1. The van der Waals surface area contributed by atoms with E-state index >= 15 is 0 Å². The van der Waals surface area contributed by atoms with E-state index in [1.54, 1.807) is 18.2 Å². The lowest BCUT2D eigenvalue weighted by atomic mass is 10.3. The lowest BCUT2D eigenvalue weighted by Gasteiger charge is -2.21. The number of carboxylic acid groups (broad SMARTS) is 1. The van der Waals surface area contributed by atoms with E-state index in [2.05, 4.69) is 0 Å². The number of benzene rings is 1. The van der Waals surface area contributed by atoms with Gasteiger partial charge in [-0.25, -0.2) is 0 Å². The molecule has 4 nitrogen and oxygen atoms in total. The zero-order valence-corrected chi connectivity index (χ0v) is 11.1. The van der Waals surface area contributed by atoms with Crippen LogP contribution in [0.25, 0.3) is 0 Å². The Bertz CT molecular complexity index is 454. The van der Waals surface area contributed by atoms with Crippen LogP contribution >= 0.6 is 11.6 Å². The monoisotopic (exact) mass is 311 g/mol. The number of hydrogen-bond acceptors (Lipinski definition) is 3. The van der Waals surface area contributed by atoms with Crippen LogP contribution in [-0.4, -0.2) is 48.4 Å². The summed E-state index contributed by atoms with van der Waals surface area (Å²) in [5.41, 5.74) is 0. The number of hydrogen-bond donors (Lipinski definition) is 1. The number of rotatable bonds is 7. The summed E-state index contributed by atoms with van der Waals surface area (Å²) in [6, 6.07) is 6.40. The van der Waals surface area contributed by atoms with E-state index in [9.17, 15) is 18.0 Å². The second-order valence-electron chi connectivity index (χ2n) is 4.03. The molecule has 1 aromatic rings. The van der Waals surface area contributed by atoms with Crippen molar-refractivity contribution >= 4 is 17.6 Å². The molecule has 0 bridgehead atoms. The molecular formula is C12H13ClF3NO3. The first-order valence-corrected chi connectivity index (χ1v) is 6.03. The first-order valence-electron chi connectivity index (χ1n) is 5.65. The Morgan fingerprint density at radius 3 is 2.65 bits per heavy atom. The van der Waals surface area contributed by atoms with Crippen LogP contribution in [0, 0.1) is 0 Å². The summed E-state index contributed by atoms with van der Waals surface area (Å²) in [6.45, 7) is -2.21. The van der Waals surface area contributed by atoms with Gasteiger partial charge in [0.05, 0.1) is 13.1 Å². The molecule has 0 radical (unpaired) electrons. The molecule has 0 saturated heterocycles. The average molecular weight is 312 g/mol. The van der Waals surface area contributed by atoms with Gasteiger partial charge < -0.3 is 9.84 Å². The summed E-state index contributed by atoms with van der Waals surface area (Å²) in [6.07, 6.45) is -4.45. The molecule has 20 heavy (non-hydrogen) atoms. The molecule has 1 rings (SSSR count). The SMILES string of the molecule is O=C(O)CN(CCOc1cccc(Cl)c1)CC(F)(F)F. The van der Waals surface area contributed by atoms with Gasteiger partial charge in [-0.15, -0.1) is 0 Å². The molecule has 0 amide bonds. The van der Waals surface area contributed by atoms with Gasteiger partial charge in [-0.2, -0.15) is 13.2 Å². The van der Waals surface area contributed by atoms with Gasteiger partial charge in [0.2, 0.25) is 0 Å². The van der Waals surface area contributed by atoms with Crippen molar-refractivity contribution in [2.24, 2.45) is 0 Å². The van der Waals surface area contributed by atoms with E-state index in [0.717, 1.165) is 4.90 Å². The number of carboxylic acids is 1. The highest BCUT2D eigenvalue weighted by Crippen LogP contribution is 2.18. The van der Waals surface area contributed by atoms with Crippen LogP contribution in [-0.2, 0) is 4.79 Å². The highest BCUT2D eigenvalue weighted by atomic mass is 35.5. The van der Waals surface area contributed by atoms with Gasteiger partial charge in [0, 0.05) is 11.6 Å². The Balaban J connectivity index is 2.47. The van der Waals surface area contributed by atoms with Gasteiger partial charge in [-0.05, 0) is 18.2 Å². The number of ether oxygens (including phenoxy) is 1. The lowest BCUT2D eigenvalue weighted by molar-refractivity contribution is -0.154. The van der Waals surface area contributed by atoms with Crippen molar-refractivity contribution < 1.29 is 27.8 Å². The van der Waals surface area contributed by atoms with E-state index < -0.39 is 25.2 Å². The third-order valence-corrected chi connectivity index (χ3v) is 2.47. The minimum Gasteiger partial charge on any atom is -0.492 e. The van der Waals surface area contributed by atoms with Crippen LogP contribution in [0.15, 0.2) is 24.3 Å². The predicted molar refractivity (Wildman–Crippen MR) is 67.1 cm³/mol. The van der Waals surface area contributed by atoms with Crippen molar-refractivity contribution in [3.63, 3.8) is 0 Å². The van der Waals surface area contributed by atoms with Crippen LogP contribution < -0.4 is 4.74 Å². The third kappa shape index (κ3) is 7.20. The number of nitrogens with zero attached hydrogens (tertiary/aromatic N) is 1. The third-order valence-electron chi connectivity index (χ3n) is 2.23. The minimum absolute atomic E-state index is 0.0658. The Morgan fingerprint density at radius 1 is 1.40 bits per heavy atom. The highest BCUT2D eigenvalue weighted by Gasteiger charge is 2.31. The molecule has 8 heteroatoms. The van der Waals surface area contributed by atoms with Crippen molar-refractivity contribution in [1.29, 1.82) is 0 Å². The quantitative estimate of drug-likeness (QED) is 0.841. The molecular weight excluding hydrogens is 299 g/mol. The van der Waals surface area contributed by atoms with E-state index in [0.29, 0.717) is 10.8 Å². The van der Waals surface area contributed by atoms with Gasteiger partial charge in [0.1, 0.15) is 12.4 Å². The van der Waals surface area contributed by atoms with Crippen LogP contribution in [0.1, 0.15) is 0 Å².